The van der Waals surface area contributed by atoms with Crippen molar-refractivity contribution in [2.24, 2.45) is 0 Å². The molecule has 0 aliphatic heterocycles. The van der Waals surface area contributed by atoms with Gasteiger partial charge in [-0.15, -0.1) is 0 Å². The number of nitrogens with one attached hydrogen (secondary N) is 1. The van der Waals surface area contributed by atoms with E-state index in [2.05, 4.69) is 4.98 Å². The lowest BCUT2D eigenvalue weighted by Crippen LogP contribution is -2.37. The van der Waals surface area contributed by atoms with Gasteiger partial charge in [0.15, 0.2) is 0 Å². The molecule has 0 aliphatic rings. The zero-order valence-electron chi connectivity index (χ0n) is 15.7. The minimum absolute atomic E-state index is 0.167. The number of nitrogens with zero attached hydrogens (tertiary/aromatic N) is 1. The van der Waals surface area contributed by atoms with Crippen LogP contribution in [0.25, 0.3) is 0 Å². The number of ketones is 1. The summed E-state index contributed by atoms with van der Waals surface area (Å²) in [5.74, 6) is -0.308. The van der Waals surface area contributed by atoms with Crippen LogP contribution in [-0.2, 0) is 13.0 Å². The molecule has 0 fully saturated rings. The van der Waals surface area contributed by atoms with Crippen molar-refractivity contribution in [3.8, 4) is 0 Å². The van der Waals surface area contributed by atoms with E-state index in [4.69, 9.17) is 0 Å². The molecule has 0 aliphatic carbocycles. The lowest BCUT2D eigenvalue weighted by Gasteiger charge is -2.15. The molecule has 2 aromatic carbocycles. The van der Waals surface area contributed by atoms with Crippen molar-refractivity contribution in [1.82, 2.24) is 9.55 Å². The summed E-state index contributed by atoms with van der Waals surface area (Å²) in [6.07, 6.45) is 0.357. The second-order valence-electron chi connectivity index (χ2n) is 6.72. The van der Waals surface area contributed by atoms with E-state index in [9.17, 15) is 14.4 Å². The van der Waals surface area contributed by atoms with Gasteiger partial charge in [0.05, 0.1) is 6.54 Å². The first kappa shape index (κ1) is 18.6. The Balaban J connectivity index is 2.24. The Bertz CT molecular complexity index is 1090. The molecule has 0 unspecified atom stereocenters. The molecule has 138 valence electrons. The van der Waals surface area contributed by atoms with Crippen LogP contribution in [0.1, 0.15) is 45.2 Å². The van der Waals surface area contributed by atoms with Crippen molar-refractivity contribution in [2.45, 2.75) is 33.7 Å². The summed E-state index contributed by atoms with van der Waals surface area (Å²) in [6.45, 7) is 5.86. The maximum atomic E-state index is 13.3. The van der Waals surface area contributed by atoms with Crippen molar-refractivity contribution in [2.75, 3.05) is 0 Å². The van der Waals surface area contributed by atoms with Gasteiger partial charge in [-0.2, -0.15) is 0 Å². The summed E-state index contributed by atoms with van der Waals surface area (Å²) < 4.78 is 1.37. The zero-order chi connectivity index (χ0) is 19.6. The van der Waals surface area contributed by atoms with Gasteiger partial charge in [-0.25, -0.2) is 4.79 Å². The predicted molar refractivity (Wildman–Crippen MR) is 106 cm³/mol. The van der Waals surface area contributed by atoms with E-state index in [1.807, 2.05) is 50.2 Å². The Labute approximate surface area is 157 Å². The van der Waals surface area contributed by atoms with E-state index in [-0.39, 0.29) is 18.0 Å². The molecule has 0 radical (unpaired) electrons. The topological polar surface area (TPSA) is 71.9 Å². The number of carbonyl (C=O) groups excluding carboxylic acids is 1. The first-order valence-electron chi connectivity index (χ1n) is 8.93. The van der Waals surface area contributed by atoms with E-state index in [1.54, 1.807) is 19.1 Å². The second kappa shape index (κ2) is 7.58. The van der Waals surface area contributed by atoms with Crippen molar-refractivity contribution in [1.29, 1.82) is 0 Å². The van der Waals surface area contributed by atoms with Crippen molar-refractivity contribution in [3.63, 3.8) is 0 Å². The lowest BCUT2D eigenvalue weighted by molar-refractivity contribution is 0.102. The largest absolute Gasteiger partial charge is 0.329 e. The monoisotopic (exact) mass is 362 g/mol. The molecule has 27 heavy (non-hydrogen) atoms. The first-order chi connectivity index (χ1) is 12.9. The number of benzene rings is 2. The predicted octanol–water partition coefficient (Wildman–Crippen LogP) is 3.00. The van der Waals surface area contributed by atoms with Crippen LogP contribution >= 0.6 is 0 Å². The Hall–Kier alpha value is -3.21. The Morgan fingerprint density at radius 3 is 2.22 bits per heavy atom. The van der Waals surface area contributed by atoms with Crippen LogP contribution in [0.2, 0.25) is 0 Å². The summed E-state index contributed by atoms with van der Waals surface area (Å²) >= 11 is 0. The second-order valence-corrected chi connectivity index (χ2v) is 6.72. The summed E-state index contributed by atoms with van der Waals surface area (Å²) in [7, 11) is 0. The lowest BCUT2D eigenvalue weighted by atomic mass is 9.99. The van der Waals surface area contributed by atoms with E-state index in [0.717, 1.165) is 16.7 Å². The van der Waals surface area contributed by atoms with Crippen LogP contribution in [0.5, 0.6) is 0 Å². The minimum Gasteiger partial charge on any atom is -0.287 e. The molecular weight excluding hydrogens is 340 g/mol. The number of rotatable bonds is 5. The molecule has 5 nitrogen and oxygen atoms in total. The van der Waals surface area contributed by atoms with Gasteiger partial charge in [-0.05, 0) is 38.0 Å². The van der Waals surface area contributed by atoms with Crippen LogP contribution in [0.3, 0.4) is 0 Å². The Morgan fingerprint density at radius 1 is 1.00 bits per heavy atom. The molecule has 0 spiro atoms. The smallest absolute Gasteiger partial charge is 0.287 e. The maximum absolute atomic E-state index is 13.3. The standard InChI is InChI=1S/C22H22N2O3/c1-4-18-19(20(25)17-11-14(2)10-15(3)12-17)24(22(27)23-21(18)26)13-16-8-6-5-7-9-16/h5-12H,4,13H2,1-3H3,(H,23,26,27). The highest BCUT2D eigenvalue weighted by molar-refractivity contribution is 6.09. The number of hydrogen-bond donors (Lipinski definition) is 1. The molecule has 0 atom stereocenters. The van der Waals surface area contributed by atoms with Gasteiger partial charge >= 0.3 is 5.69 Å². The molecule has 0 bridgehead atoms. The number of H-pyrrole nitrogens is 1. The zero-order valence-corrected chi connectivity index (χ0v) is 15.7. The van der Waals surface area contributed by atoms with E-state index in [0.29, 0.717) is 17.5 Å². The first-order valence-corrected chi connectivity index (χ1v) is 8.93. The number of aromatic nitrogens is 2. The van der Waals surface area contributed by atoms with Crippen LogP contribution in [0.4, 0.5) is 0 Å². The number of hydrogen-bond acceptors (Lipinski definition) is 3. The number of carbonyl (C=O) groups is 1. The van der Waals surface area contributed by atoms with Crippen LogP contribution < -0.4 is 11.2 Å². The van der Waals surface area contributed by atoms with Crippen molar-refractivity contribution < 1.29 is 4.79 Å². The quantitative estimate of drug-likeness (QED) is 0.709. The molecular formula is C22H22N2O3. The Morgan fingerprint density at radius 2 is 1.63 bits per heavy atom. The van der Waals surface area contributed by atoms with Gasteiger partial charge in [0.1, 0.15) is 5.69 Å². The highest BCUT2D eigenvalue weighted by Gasteiger charge is 2.22. The van der Waals surface area contributed by atoms with E-state index >= 15 is 0 Å². The van der Waals surface area contributed by atoms with Gasteiger partial charge in [0.2, 0.25) is 5.78 Å². The summed E-state index contributed by atoms with van der Waals surface area (Å²) in [6, 6.07) is 14.9. The van der Waals surface area contributed by atoms with Crippen LogP contribution in [-0.4, -0.2) is 15.3 Å². The normalized spacial score (nSPS) is 10.8. The van der Waals surface area contributed by atoms with Gasteiger partial charge in [0.25, 0.3) is 5.56 Å². The fourth-order valence-electron chi connectivity index (χ4n) is 3.36. The molecule has 1 heterocycles. The third-order valence-electron chi connectivity index (χ3n) is 4.53. The van der Waals surface area contributed by atoms with Crippen molar-refractivity contribution >= 4 is 5.78 Å². The molecule has 0 saturated heterocycles. The van der Waals surface area contributed by atoms with Crippen LogP contribution in [0, 0.1) is 13.8 Å². The summed E-state index contributed by atoms with van der Waals surface area (Å²) in [5.41, 5.74) is 2.69. The molecule has 1 aromatic heterocycles. The SMILES string of the molecule is CCc1c(C(=O)c2cc(C)cc(C)c2)n(Cc2ccccc2)c(=O)[nH]c1=O. The van der Waals surface area contributed by atoms with Crippen LogP contribution in [0.15, 0.2) is 58.1 Å². The minimum atomic E-state index is -0.575. The van der Waals surface area contributed by atoms with E-state index in [1.165, 1.54) is 4.57 Å². The average Bonchev–Trinajstić information content (AvgIpc) is 2.63. The third-order valence-corrected chi connectivity index (χ3v) is 4.53. The highest BCUT2D eigenvalue weighted by Crippen LogP contribution is 2.16. The van der Waals surface area contributed by atoms with Gasteiger partial charge < -0.3 is 0 Å². The molecule has 3 aromatic rings. The van der Waals surface area contributed by atoms with Gasteiger partial charge in [-0.3, -0.25) is 19.1 Å². The third kappa shape index (κ3) is 3.82. The fraction of sp³-hybridized carbons (Fsp3) is 0.227. The van der Waals surface area contributed by atoms with E-state index < -0.39 is 11.2 Å². The summed E-state index contributed by atoms with van der Waals surface area (Å²) in [4.78, 5) is 40.6. The maximum Gasteiger partial charge on any atom is 0.329 e. The van der Waals surface area contributed by atoms with Gasteiger partial charge in [0, 0.05) is 11.1 Å². The van der Waals surface area contributed by atoms with Gasteiger partial charge in [-0.1, -0.05) is 54.4 Å². The molecule has 3 rings (SSSR count). The average molecular weight is 362 g/mol. The molecule has 5 heteroatoms. The highest BCUT2D eigenvalue weighted by atomic mass is 16.2. The number of aromatic amines is 1. The van der Waals surface area contributed by atoms with Crippen molar-refractivity contribution in [3.05, 3.63) is 103 Å². The molecule has 0 saturated carbocycles. The fourth-order valence-corrected chi connectivity index (χ4v) is 3.36. The number of aryl methyl sites for hydroxylation is 2. The summed E-state index contributed by atoms with van der Waals surface area (Å²) in [5, 5.41) is 0. The molecule has 1 N–H and O–H groups in total. The Kier molecular flexibility index (Phi) is 5.21. The molecule has 0 amide bonds.